The number of fused-ring (bicyclic) bond motifs is 1. The molecule has 6 nitrogen and oxygen atoms in total. The van der Waals surface area contributed by atoms with Crippen LogP contribution in [0.2, 0.25) is 0 Å². The van der Waals surface area contributed by atoms with Crippen LogP contribution < -0.4 is 4.90 Å². The highest BCUT2D eigenvalue weighted by Gasteiger charge is 2.32. The van der Waals surface area contributed by atoms with Crippen molar-refractivity contribution in [1.82, 2.24) is 19.9 Å². The average Bonchev–Trinajstić information content (AvgIpc) is 2.82. The molecule has 0 aliphatic carbocycles. The predicted molar refractivity (Wildman–Crippen MR) is 124 cm³/mol. The Balaban J connectivity index is 1.48. The van der Waals surface area contributed by atoms with Gasteiger partial charge in [-0.05, 0) is 50.4 Å². The topological polar surface area (TPSA) is 62.2 Å². The molecule has 1 unspecified atom stereocenters. The van der Waals surface area contributed by atoms with Gasteiger partial charge in [0, 0.05) is 30.4 Å². The smallest absolute Gasteiger partial charge is 0.228 e. The summed E-state index contributed by atoms with van der Waals surface area (Å²) in [5.41, 5.74) is 4.26. The van der Waals surface area contributed by atoms with Crippen molar-refractivity contribution in [3.63, 3.8) is 0 Å². The molecule has 3 aromatic rings. The van der Waals surface area contributed by atoms with E-state index in [0.717, 1.165) is 48.1 Å². The Kier molecular flexibility index (Phi) is 5.95. The van der Waals surface area contributed by atoms with Crippen LogP contribution in [0.5, 0.6) is 0 Å². The first-order valence-electron chi connectivity index (χ1n) is 11.5. The van der Waals surface area contributed by atoms with E-state index in [2.05, 4.69) is 47.1 Å². The first-order valence-corrected chi connectivity index (χ1v) is 11.5. The summed E-state index contributed by atoms with van der Waals surface area (Å²) in [5, 5.41) is 0. The van der Waals surface area contributed by atoms with Crippen molar-refractivity contribution in [2.75, 3.05) is 11.4 Å². The van der Waals surface area contributed by atoms with Gasteiger partial charge < -0.3 is 0 Å². The summed E-state index contributed by atoms with van der Waals surface area (Å²) in [5.74, 6) is 1.73. The molecule has 6 heteroatoms. The highest BCUT2D eigenvalue weighted by Crippen LogP contribution is 2.35. The molecule has 1 aromatic carbocycles. The number of rotatable bonds is 5. The van der Waals surface area contributed by atoms with Gasteiger partial charge in [0.25, 0.3) is 0 Å². The predicted octanol–water partition coefficient (Wildman–Crippen LogP) is 4.39. The summed E-state index contributed by atoms with van der Waals surface area (Å²) in [6.07, 6.45) is 6.37. The lowest BCUT2D eigenvalue weighted by atomic mass is 9.98. The number of hydrogen-bond acceptors (Lipinski definition) is 5. The van der Waals surface area contributed by atoms with Crippen LogP contribution in [0.25, 0.3) is 0 Å². The van der Waals surface area contributed by atoms with Crippen LogP contribution in [0, 0.1) is 6.92 Å². The van der Waals surface area contributed by atoms with Crippen LogP contribution in [0.4, 0.5) is 5.82 Å². The van der Waals surface area contributed by atoms with Gasteiger partial charge in [0.2, 0.25) is 5.91 Å². The van der Waals surface area contributed by atoms with Crippen LogP contribution >= 0.6 is 0 Å². The minimum Gasteiger partial charge on any atom is -0.290 e. The lowest BCUT2D eigenvalue weighted by Gasteiger charge is -2.36. The summed E-state index contributed by atoms with van der Waals surface area (Å²) in [7, 11) is 0. The molecule has 1 saturated heterocycles. The van der Waals surface area contributed by atoms with Crippen LogP contribution in [-0.2, 0) is 24.3 Å². The highest BCUT2D eigenvalue weighted by molar-refractivity contribution is 5.95. The Morgan fingerprint density at radius 3 is 2.62 bits per heavy atom. The minimum atomic E-state index is 0.108. The molecule has 0 spiro atoms. The van der Waals surface area contributed by atoms with Crippen LogP contribution in [-0.4, -0.2) is 32.3 Å². The van der Waals surface area contributed by atoms with E-state index in [4.69, 9.17) is 9.97 Å². The standard InChI is InChI=1S/C26H29N5O/c1-19-22-13-14-24(32)31(18-21-11-5-7-15-27-21)26(22)29-25(28-19)23-12-6-8-16-30(23)17-20-9-3-2-4-10-20/h2-5,7,9-11,15,23H,6,8,12-14,16-18H2,1H3. The van der Waals surface area contributed by atoms with Gasteiger partial charge in [-0.15, -0.1) is 0 Å². The van der Waals surface area contributed by atoms with Gasteiger partial charge in [-0.25, -0.2) is 9.97 Å². The second-order valence-corrected chi connectivity index (χ2v) is 8.74. The number of hydrogen-bond donors (Lipinski definition) is 0. The molecule has 32 heavy (non-hydrogen) atoms. The normalized spacial score (nSPS) is 19.1. The van der Waals surface area contributed by atoms with Gasteiger partial charge in [0.05, 0.1) is 18.3 Å². The number of aromatic nitrogens is 3. The zero-order valence-corrected chi connectivity index (χ0v) is 18.6. The Morgan fingerprint density at radius 2 is 1.81 bits per heavy atom. The molecule has 1 amide bonds. The fourth-order valence-corrected chi connectivity index (χ4v) is 4.86. The molecule has 164 valence electrons. The third-order valence-electron chi connectivity index (χ3n) is 6.54. The monoisotopic (exact) mass is 427 g/mol. The fourth-order valence-electron chi connectivity index (χ4n) is 4.86. The number of aryl methyl sites for hydroxylation is 1. The second kappa shape index (κ2) is 9.17. The van der Waals surface area contributed by atoms with Crippen LogP contribution in [0.3, 0.4) is 0 Å². The van der Waals surface area contributed by atoms with E-state index in [1.807, 2.05) is 23.1 Å². The Morgan fingerprint density at radius 1 is 0.969 bits per heavy atom. The quantitative estimate of drug-likeness (QED) is 0.604. The van der Waals surface area contributed by atoms with Gasteiger partial charge in [-0.1, -0.05) is 42.8 Å². The number of likely N-dealkylation sites (tertiary alicyclic amines) is 1. The number of amides is 1. The van der Waals surface area contributed by atoms with Gasteiger partial charge >= 0.3 is 0 Å². The largest absolute Gasteiger partial charge is 0.290 e. The summed E-state index contributed by atoms with van der Waals surface area (Å²) < 4.78 is 0. The van der Waals surface area contributed by atoms with E-state index in [1.54, 1.807) is 6.20 Å². The number of nitrogens with zero attached hydrogens (tertiary/aromatic N) is 5. The molecule has 2 aliphatic rings. The number of carbonyl (C=O) groups is 1. The maximum atomic E-state index is 12.9. The van der Waals surface area contributed by atoms with Crippen molar-refractivity contribution in [2.24, 2.45) is 0 Å². The van der Waals surface area contributed by atoms with Gasteiger partial charge in [-0.2, -0.15) is 0 Å². The number of benzene rings is 1. The molecule has 0 bridgehead atoms. The molecule has 1 atom stereocenters. The number of pyridine rings is 1. The molecular weight excluding hydrogens is 398 g/mol. The van der Waals surface area contributed by atoms with Crippen molar-refractivity contribution in [3.8, 4) is 0 Å². The maximum absolute atomic E-state index is 12.9. The van der Waals surface area contributed by atoms with E-state index >= 15 is 0 Å². The third-order valence-corrected chi connectivity index (χ3v) is 6.54. The Labute approximate surface area is 189 Å². The zero-order valence-electron chi connectivity index (χ0n) is 18.6. The molecule has 0 saturated carbocycles. The number of piperidine rings is 1. The first-order chi connectivity index (χ1) is 15.7. The van der Waals surface area contributed by atoms with Gasteiger partial charge in [0.1, 0.15) is 11.6 Å². The molecule has 1 fully saturated rings. The Bertz CT molecular complexity index is 1090. The van der Waals surface area contributed by atoms with Crippen molar-refractivity contribution in [1.29, 1.82) is 0 Å². The van der Waals surface area contributed by atoms with E-state index in [1.165, 1.54) is 18.4 Å². The summed E-state index contributed by atoms with van der Waals surface area (Å²) in [4.78, 5) is 31.6. The van der Waals surface area contributed by atoms with Crippen LogP contribution in [0.1, 0.15) is 60.1 Å². The summed E-state index contributed by atoms with van der Waals surface area (Å²) in [6, 6.07) is 16.6. The summed E-state index contributed by atoms with van der Waals surface area (Å²) >= 11 is 0. The fraction of sp³-hybridized carbons (Fsp3) is 0.385. The van der Waals surface area contributed by atoms with Gasteiger partial charge in [0.15, 0.2) is 0 Å². The van der Waals surface area contributed by atoms with Crippen LogP contribution in [0.15, 0.2) is 54.7 Å². The SMILES string of the molecule is Cc1nc(C2CCCCN2Cc2ccccc2)nc2c1CCC(=O)N2Cc1ccccn1. The van der Waals surface area contributed by atoms with Crippen molar-refractivity contribution >= 4 is 11.7 Å². The van der Waals surface area contributed by atoms with E-state index in [-0.39, 0.29) is 11.9 Å². The minimum absolute atomic E-state index is 0.108. The maximum Gasteiger partial charge on any atom is 0.228 e. The Hall–Kier alpha value is -3.12. The summed E-state index contributed by atoms with van der Waals surface area (Å²) in [6.45, 7) is 4.43. The lowest BCUT2D eigenvalue weighted by Crippen LogP contribution is -2.38. The molecule has 2 aliphatic heterocycles. The third kappa shape index (κ3) is 4.28. The van der Waals surface area contributed by atoms with E-state index in [9.17, 15) is 4.79 Å². The zero-order chi connectivity index (χ0) is 21.9. The number of anilines is 1. The van der Waals surface area contributed by atoms with E-state index in [0.29, 0.717) is 19.4 Å². The second-order valence-electron chi connectivity index (χ2n) is 8.74. The molecule has 4 heterocycles. The lowest BCUT2D eigenvalue weighted by molar-refractivity contribution is -0.119. The first kappa shape index (κ1) is 20.8. The average molecular weight is 428 g/mol. The van der Waals surface area contributed by atoms with E-state index < -0.39 is 0 Å². The molecule has 0 radical (unpaired) electrons. The van der Waals surface area contributed by atoms with Crippen molar-refractivity contribution in [3.05, 3.63) is 83.1 Å². The molecule has 2 aromatic heterocycles. The highest BCUT2D eigenvalue weighted by atomic mass is 16.2. The molecule has 0 N–H and O–H groups in total. The number of carbonyl (C=O) groups excluding carboxylic acids is 1. The van der Waals surface area contributed by atoms with Crippen molar-refractivity contribution in [2.45, 2.75) is 58.2 Å². The van der Waals surface area contributed by atoms with Gasteiger partial charge in [-0.3, -0.25) is 19.6 Å². The molecular formula is C26H29N5O. The van der Waals surface area contributed by atoms with Crippen molar-refractivity contribution < 1.29 is 4.79 Å². The molecule has 5 rings (SSSR count).